The minimum atomic E-state index is -1.45. The zero-order valence-electron chi connectivity index (χ0n) is 10.7. The molecule has 0 heterocycles. The zero-order chi connectivity index (χ0) is 13.8. The monoisotopic (exact) mass is 251 g/mol. The summed E-state index contributed by atoms with van der Waals surface area (Å²) in [6, 6.07) is 6.83. The molecule has 0 saturated carbocycles. The number of likely N-dealkylation sites (N-methyl/N-ethyl adjacent to an activating group) is 1. The van der Waals surface area contributed by atoms with Crippen molar-refractivity contribution in [3.05, 3.63) is 29.8 Å². The maximum Gasteiger partial charge on any atom is 0.334 e. The number of hydrogen-bond acceptors (Lipinski definition) is 3. The smallest absolute Gasteiger partial charge is 0.334 e. The highest BCUT2D eigenvalue weighted by Gasteiger charge is 2.41. The van der Waals surface area contributed by atoms with E-state index in [0.29, 0.717) is 24.3 Å². The van der Waals surface area contributed by atoms with Gasteiger partial charge in [0.1, 0.15) is 5.75 Å². The molecule has 0 aromatic heterocycles. The first-order chi connectivity index (χ1) is 8.48. The SMILES string of the molecule is CCOc1ccccc1C(C)(C(=O)O)N(C)C=O. The summed E-state index contributed by atoms with van der Waals surface area (Å²) in [7, 11) is 1.43. The van der Waals surface area contributed by atoms with E-state index in [0.717, 1.165) is 4.90 Å². The van der Waals surface area contributed by atoms with E-state index in [1.807, 2.05) is 6.92 Å². The van der Waals surface area contributed by atoms with E-state index in [1.54, 1.807) is 24.3 Å². The highest BCUT2D eigenvalue weighted by atomic mass is 16.5. The lowest BCUT2D eigenvalue weighted by Crippen LogP contribution is -2.47. The lowest BCUT2D eigenvalue weighted by Gasteiger charge is -2.33. The highest BCUT2D eigenvalue weighted by molar-refractivity contribution is 5.83. The molecule has 0 aliphatic heterocycles. The van der Waals surface area contributed by atoms with E-state index in [2.05, 4.69) is 0 Å². The van der Waals surface area contributed by atoms with Crippen molar-refractivity contribution in [1.82, 2.24) is 4.90 Å². The van der Waals surface area contributed by atoms with Crippen LogP contribution in [0.15, 0.2) is 24.3 Å². The molecule has 0 fully saturated rings. The molecule has 1 aromatic rings. The van der Waals surface area contributed by atoms with E-state index < -0.39 is 11.5 Å². The first-order valence-corrected chi connectivity index (χ1v) is 5.62. The second kappa shape index (κ2) is 5.53. The molecular weight excluding hydrogens is 234 g/mol. The molecule has 0 bridgehead atoms. The number of nitrogens with zero attached hydrogens (tertiary/aromatic N) is 1. The van der Waals surface area contributed by atoms with Crippen LogP contribution < -0.4 is 4.74 Å². The van der Waals surface area contributed by atoms with Crippen LogP contribution >= 0.6 is 0 Å². The van der Waals surface area contributed by atoms with Crippen LogP contribution in [-0.2, 0) is 15.1 Å². The van der Waals surface area contributed by atoms with Gasteiger partial charge in [0.05, 0.1) is 6.61 Å². The lowest BCUT2D eigenvalue weighted by atomic mass is 9.90. The van der Waals surface area contributed by atoms with Crippen molar-refractivity contribution in [2.24, 2.45) is 0 Å². The Morgan fingerprint density at radius 2 is 2.11 bits per heavy atom. The van der Waals surface area contributed by atoms with Crippen LogP contribution in [0.5, 0.6) is 5.75 Å². The van der Waals surface area contributed by atoms with Gasteiger partial charge < -0.3 is 14.7 Å². The van der Waals surface area contributed by atoms with Crippen molar-refractivity contribution in [1.29, 1.82) is 0 Å². The Morgan fingerprint density at radius 3 is 2.61 bits per heavy atom. The van der Waals surface area contributed by atoms with Gasteiger partial charge >= 0.3 is 5.97 Å². The van der Waals surface area contributed by atoms with Crippen LogP contribution in [0.2, 0.25) is 0 Å². The number of para-hydroxylation sites is 1. The summed E-state index contributed by atoms with van der Waals surface area (Å²) in [5, 5.41) is 9.42. The molecule has 1 unspecified atom stereocenters. The minimum Gasteiger partial charge on any atom is -0.493 e. The van der Waals surface area contributed by atoms with Gasteiger partial charge in [0.2, 0.25) is 6.41 Å². The molecule has 1 atom stereocenters. The number of ether oxygens (including phenoxy) is 1. The van der Waals surface area contributed by atoms with Crippen LogP contribution in [0.4, 0.5) is 0 Å². The van der Waals surface area contributed by atoms with Crippen LogP contribution in [0.1, 0.15) is 19.4 Å². The molecule has 1 amide bonds. The predicted molar refractivity (Wildman–Crippen MR) is 66.4 cm³/mol. The van der Waals surface area contributed by atoms with Gasteiger partial charge in [0, 0.05) is 12.6 Å². The van der Waals surface area contributed by atoms with Crippen molar-refractivity contribution in [3.8, 4) is 5.75 Å². The van der Waals surface area contributed by atoms with Crippen molar-refractivity contribution in [3.63, 3.8) is 0 Å². The second-order valence-corrected chi connectivity index (χ2v) is 4.02. The minimum absolute atomic E-state index is 0.428. The van der Waals surface area contributed by atoms with Crippen molar-refractivity contribution in [2.75, 3.05) is 13.7 Å². The molecule has 0 saturated heterocycles. The summed E-state index contributed by atoms with van der Waals surface area (Å²) >= 11 is 0. The molecule has 0 aliphatic carbocycles. The van der Waals surface area contributed by atoms with Gasteiger partial charge in [-0.3, -0.25) is 4.79 Å². The third-order valence-corrected chi connectivity index (χ3v) is 2.99. The third-order valence-electron chi connectivity index (χ3n) is 2.99. The second-order valence-electron chi connectivity index (χ2n) is 4.02. The molecule has 0 aliphatic rings. The molecule has 0 spiro atoms. The van der Waals surface area contributed by atoms with Gasteiger partial charge in [-0.25, -0.2) is 4.79 Å². The van der Waals surface area contributed by atoms with E-state index in [-0.39, 0.29) is 0 Å². The van der Waals surface area contributed by atoms with Crippen LogP contribution in [0, 0.1) is 0 Å². The Bertz CT molecular complexity index is 446. The Morgan fingerprint density at radius 1 is 1.50 bits per heavy atom. The number of carbonyl (C=O) groups excluding carboxylic acids is 1. The number of carboxylic acid groups (broad SMARTS) is 1. The number of benzene rings is 1. The molecule has 5 nitrogen and oxygen atoms in total. The summed E-state index contributed by atoms with van der Waals surface area (Å²) in [6.07, 6.45) is 0.497. The van der Waals surface area contributed by atoms with Gasteiger partial charge in [0.15, 0.2) is 5.54 Å². The van der Waals surface area contributed by atoms with E-state index >= 15 is 0 Å². The van der Waals surface area contributed by atoms with E-state index in [1.165, 1.54) is 14.0 Å². The molecule has 0 radical (unpaired) electrons. The molecule has 1 rings (SSSR count). The van der Waals surface area contributed by atoms with Gasteiger partial charge in [-0.15, -0.1) is 0 Å². The molecule has 5 heteroatoms. The zero-order valence-corrected chi connectivity index (χ0v) is 10.7. The van der Waals surface area contributed by atoms with Gasteiger partial charge in [-0.1, -0.05) is 18.2 Å². The fourth-order valence-electron chi connectivity index (χ4n) is 1.71. The van der Waals surface area contributed by atoms with Gasteiger partial charge in [-0.2, -0.15) is 0 Å². The van der Waals surface area contributed by atoms with Crippen LogP contribution in [-0.4, -0.2) is 36.0 Å². The molecular formula is C13H17NO4. The fourth-order valence-corrected chi connectivity index (χ4v) is 1.71. The van der Waals surface area contributed by atoms with Crippen LogP contribution in [0.3, 0.4) is 0 Å². The highest BCUT2D eigenvalue weighted by Crippen LogP contribution is 2.33. The summed E-state index contributed by atoms with van der Waals surface area (Å²) < 4.78 is 5.42. The predicted octanol–water partition coefficient (Wildman–Crippen LogP) is 1.47. The molecule has 98 valence electrons. The first kappa shape index (κ1) is 14.0. The quantitative estimate of drug-likeness (QED) is 0.777. The van der Waals surface area contributed by atoms with Crippen molar-refractivity contribution < 1.29 is 19.4 Å². The summed E-state index contributed by atoms with van der Waals surface area (Å²) in [5.41, 5.74) is -0.998. The summed E-state index contributed by atoms with van der Waals surface area (Å²) in [5.74, 6) is -0.636. The van der Waals surface area contributed by atoms with Crippen LogP contribution in [0.25, 0.3) is 0 Å². The first-order valence-electron chi connectivity index (χ1n) is 5.62. The number of amides is 1. The number of carbonyl (C=O) groups is 2. The number of carboxylic acids is 1. The van der Waals surface area contributed by atoms with Gasteiger partial charge in [0.25, 0.3) is 0 Å². The molecule has 1 N–H and O–H groups in total. The topological polar surface area (TPSA) is 66.8 Å². The Hall–Kier alpha value is -2.04. The number of hydrogen-bond donors (Lipinski definition) is 1. The average Bonchev–Trinajstić information content (AvgIpc) is 2.37. The summed E-state index contributed by atoms with van der Waals surface area (Å²) in [6.45, 7) is 3.72. The van der Waals surface area contributed by atoms with Crippen molar-refractivity contribution in [2.45, 2.75) is 19.4 Å². The normalized spacial score (nSPS) is 13.5. The number of rotatable bonds is 6. The summed E-state index contributed by atoms with van der Waals surface area (Å²) in [4.78, 5) is 23.6. The number of aliphatic carboxylic acids is 1. The maximum atomic E-state index is 11.5. The standard InChI is InChI=1S/C13H17NO4/c1-4-18-11-8-6-5-7-10(11)13(2,12(16)17)14(3)9-15/h5-9H,4H2,1-3H3,(H,16,17). The van der Waals surface area contributed by atoms with E-state index in [9.17, 15) is 14.7 Å². The molecule has 1 aromatic carbocycles. The average molecular weight is 251 g/mol. The lowest BCUT2D eigenvalue weighted by molar-refractivity contribution is -0.153. The van der Waals surface area contributed by atoms with Crippen molar-refractivity contribution >= 4 is 12.4 Å². The maximum absolute atomic E-state index is 11.5. The Kier molecular flexibility index (Phi) is 4.31. The van der Waals surface area contributed by atoms with E-state index in [4.69, 9.17) is 4.74 Å². The fraction of sp³-hybridized carbons (Fsp3) is 0.385. The largest absolute Gasteiger partial charge is 0.493 e. The molecule has 18 heavy (non-hydrogen) atoms. The Balaban J connectivity index is 3.38. The Labute approximate surface area is 106 Å². The third kappa shape index (κ3) is 2.30. The van der Waals surface area contributed by atoms with Gasteiger partial charge in [-0.05, 0) is 19.9 Å².